The third kappa shape index (κ3) is 13.3. The summed E-state index contributed by atoms with van der Waals surface area (Å²) >= 11 is 0. The highest BCUT2D eigenvalue weighted by Gasteiger charge is 2.39. The molecule has 2 N–H and O–H groups in total. The maximum absolute atomic E-state index is 5.94. The molecule has 11 nitrogen and oxygen atoms in total. The molecule has 0 spiro atoms. The molecule has 0 atom stereocenters. The van der Waals surface area contributed by atoms with E-state index in [2.05, 4.69) is 16.3 Å². The van der Waals surface area contributed by atoms with Crippen LogP contribution in [0.3, 0.4) is 0 Å². The fourth-order valence-electron chi connectivity index (χ4n) is 3.52. The van der Waals surface area contributed by atoms with E-state index < -0.39 is 26.4 Å². The summed E-state index contributed by atoms with van der Waals surface area (Å²) in [6.07, 6.45) is 1.72. The quantitative estimate of drug-likeness (QED) is 0.0929. The van der Waals surface area contributed by atoms with E-state index in [0.717, 1.165) is 38.0 Å². The van der Waals surface area contributed by atoms with Gasteiger partial charge in [-0.3, -0.25) is 0 Å². The van der Waals surface area contributed by atoms with Gasteiger partial charge in [-0.05, 0) is 52.4 Å². The Hall–Kier alpha value is 0.168. The third-order valence-electron chi connectivity index (χ3n) is 5.47. The Morgan fingerprint density at radius 1 is 0.639 bits per heavy atom. The molecule has 0 rings (SSSR count). The zero-order valence-electron chi connectivity index (χ0n) is 23.8. The minimum atomic E-state index is -2.84. The van der Waals surface area contributed by atoms with Gasteiger partial charge < -0.3 is 50.5 Å². The summed E-state index contributed by atoms with van der Waals surface area (Å²) in [5.41, 5.74) is 4.10. The van der Waals surface area contributed by atoms with E-state index in [-0.39, 0.29) is 5.79 Å². The zero-order valence-corrected chi connectivity index (χ0v) is 27.8. The van der Waals surface area contributed by atoms with Gasteiger partial charge in [0.2, 0.25) is 0 Å². The molecule has 0 amide bonds. The van der Waals surface area contributed by atoms with Crippen LogP contribution in [-0.2, 0) is 39.8 Å². The molecule has 36 heavy (non-hydrogen) atoms. The normalized spacial score (nSPS) is 13.4. The summed E-state index contributed by atoms with van der Waals surface area (Å²) in [6.45, 7) is 9.02. The molecule has 0 unspecified atom stereocenters. The van der Waals surface area contributed by atoms with Crippen LogP contribution in [0.15, 0.2) is 11.4 Å². The predicted octanol–water partition coefficient (Wildman–Crippen LogP) is 1.79. The van der Waals surface area contributed by atoms with Gasteiger partial charge in [-0.15, -0.1) is 0 Å². The average Bonchev–Trinajstić information content (AvgIpc) is 2.90. The van der Waals surface area contributed by atoms with E-state index in [1.165, 1.54) is 0 Å². The Balaban J connectivity index is 5.16. The van der Waals surface area contributed by atoms with Crippen LogP contribution < -0.4 is 10.6 Å². The van der Waals surface area contributed by atoms with Crippen molar-refractivity contribution in [3.05, 3.63) is 11.4 Å². The van der Waals surface area contributed by atoms with Crippen molar-refractivity contribution in [2.45, 2.75) is 51.5 Å². The highest BCUT2D eigenvalue weighted by Crippen LogP contribution is 2.16. The lowest BCUT2D eigenvalue weighted by Gasteiger charge is -2.26. The van der Waals surface area contributed by atoms with Gasteiger partial charge in [-0.2, -0.15) is 0 Å². The van der Waals surface area contributed by atoms with Gasteiger partial charge in [0.1, 0.15) is 9.52 Å². The Bertz CT molecular complexity index is 498. The molecule has 0 bridgehead atoms. The Kier molecular flexibility index (Phi) is 21.1. The maximum Gasteiger partial charge on any atom is 0.528 e. The molecule has 0 fully saturated rings. The summed E-state index contributed by atoms with van der Waals surface area (Å²) in [5.74, 6) is 0.0604. The Morgan fingerprint density at radius 2 is 1.00 bits per heavy atom. The smallest absolute Gasteiger partial charge is 0.377 e. The van der Waals surface area contributed by atoms with Crippen LogP contribution in [-0.4, -0.2) is 117 Å². The molecule has 0 aromatic carbocycles. The Labute approximate surface area is 224 Å². The number of hydrogen-bond donors (Lipinski definition) is 2. The van der Waals surface area contributed by atoms with Crippen molar-refractivity contribution in [1.29, 1.82) is 0 Å². The first kappa shape index (κ1) is 36.2. The van der Waals surface area contributed by atoms with Crippen molar-refractivity contribution < 1.29 is 39.8 Å². The van der Waals surface area contributed by atoms with Crippen LogP contribution in [0, 0.1) is 0 Å². The molecule has 0 heterocycles. The van der Waals surface area contributed by atoms with Gasteiger partial charge in [-0.25, -0.2) is 0 Å². The summed E-state index contributed by atoms with van der Waals surface area (Å²) in [6, 6.07) is 1.46. The van der Waals surface area contributed by atoms with Gasteiger partial charge in [0.05, 0.1) is 0 Å². The van der Waals surface area contributed by atoms with Gasteiger partial charge in [0, 0.05) is 80.4 Å². The monoisotopic (exact) mass is 586 g/mol. The van der Waals surface area contributed by atoms with Crippen molar-refractivity contribution in [2.75, 3.05) is 75.6 Å². The average molecular weight is 587 g/mol. The lowest BCUT2D eigenvalue weighted by atomic mass is 10.4. The highest BCUT2D eigenvalue weighted by atomic mass is 28.4. The van der Waals surface area contributed by atoms with E-state index in [4.69, 9.17) is 39.8 Å². The first-order chi connectivity index (χ1) is 17.3. The number of nitrogens with one attached hydrogen (secondary N) is 2. The molecule has 214 valence electrons. The first-order valence-electron chi connectivity index (χ1n) is 12.5. The zero-order chi connectivity index (χ0) is 27.3. The van der Waals surface area contributed by atoms with Crippen LogP contribution in [0.1, 0.15) is 33.6 Å². The predicted molar refractivity (Wildman–Crippen MR) is 148 cm³/mol. The van der Waals surface area contributed by atoms with E-state index >= 15 is 0 Å². The van der Waals surface area contributed by atoms with Gasteiger partial charge in [0.15, 0.2) is 0 Å². The topological polar surface area (TPSA) is 107 Å². The molecule has 0 aliphatic rings. The summed E-state index contributed by atoms with van der Waals surface area (Å²) in [4.78, 5) is 0. The van der Waals surface area contributed by atoms with Crippen LogP contribution in [0.25, 0.3) is 0 Å². The van der Waals surface area contributed by atoms with E-state index in [0.29, 0.717) is 29.3 Å². The highest BCUT2D eigenvalue weighted by molar-refractivity contribution is 6.67. The minimum Gasteiger partial charge on any atom is -0.377 e. The molecule has 0 aliphatic heterocycles. The summed E-state index contributed by atoms with van der Waals surface area (Å²) in [5, 5.41) is 7.21. The van der Waals surface area contributed by atoms with Crippen molar-refractivity contribution in [1.82, 2.24) is 10.6 Å². The van der Waals surface area contributed by atoms with E-state index in [1.807, 2.05) is 26.5 Å². The van der Waals surface area contributed by atoms with Crippen molar-refractivity contribution in [3.63, 3.8) is 0 Å². The lowest BCUT2D eigenvalue weighted by molar-refractivity contribution is 0.0843. The molecule has 0 aromatic rings. The number of rotatable bonds is 25. The summed E-state index contributed by atoms with van der Waals surface area (Å²) < 4.78 is 51.0. The van der Waals surface area contributed by atoms with Gasteiger partial charge in [0.25, 0.3) is 0 Å². The van der Waals surface area contributed by atoms with Gasteiger partial charge in [-0.1, -0.05) is 5.70 Å². The van der Waals surface area contributed by atoms with Crippen molar-refractivity contribution in [2.24, 2.45) is 0 Å². The Morgan fingerprint density at radius 3 is 1.31 bits per heavy atom. The SMILES string of the molecule is CCO[Si](C=C[Si]C(NCCC[Si](OC)(OC)OC)NCCC[Si](OC)(OC)OC)(OCC)OCC. The third-order valence-corrected chi connectivity index (χ3v) is 15.2. The molecule has 0 aliphatic carbocycles. The lowest BCUT2D eigenvalue weighted by Crippen LogP contribution is -2.49. The molecular weight excluding hydrogens is 537 g/mol. The minimum absolute atomic E-state index is 0.0604. The standard InChI is InChI=1S/C21H50N2O9Si4/c1-10-30-36(31-11-2,32-12-3)20-17-33-21(22-15-13-18-34(24-4,25-5)26-6)23-16-14-19-35(27-7,28-8)29-9/h17,20-23H,10-16,18-19H2,1-9H3. The molecular formula is C21H50N2O9Si4. The molecule has 0 saturated carbocycles. The van der Waals surface area contributed by atoms with Crippen molar-refractivity contribution in [3.8, 4) is 0 Å². The largest absolute Gasteiger partial charge is 0.528 e. The van der Waals surface area contributed by atoms with Crippen LogP contribution >= 0.6 is 0 Å². The van der Waals surface area contributed by atoms with E-state index in [9.17, 15) is 0 Å². The second-order valence-electron chi connectivity index (χ2n) is 7.54. The number of hydrogen-bond acceptors (Lipinski definition) is 11. The maximum atomic E-state index is 5.94. The molecule has 0 aromatic heterocycles. The fraction of sp³-hybridized carbons (Fsp3) is 0.905. The molecule has 2 radical (unpaired) electrons. The summed E-state index contributed by atoms with van der Waals surface area (Å²) in [7, 11) is 2.25. The van der Waals surface area contributed by atoms with Crippen molar-refractivity contribution >= 4 is 35.9 Å². The second-order valence-corrected chi connectivity index (χ2v) is 17.4. The fourth-order valence-corrected chi connectivity index (χ4v) is 10.6. The van der Waals surface area contributed by atoms with Gasteiger partial charge >= 0.3 is 26.4 Å². The van der Waals surface area contributed by atoms with Crippen LogP contribution in [0.4, 0.5) is 0 Å². The second kappa shape index (κ2) is 21.0. The van der Waals surface area contributed by atoms with Crippen LogP contribution in [0.5, 0.6) is 0 Å². The van der Waals surface area contributed by atoms with Crippen LogP contribution in [0.2, 0.25) is 12.1 Å². The molecule has 15 heteroatoms. The molecule has 0 saturated heterocycles. The van der Waals surface area contributed by atoms with E-state index in [1.54, 1.807) is 42.7 Å². The first-order valence-corrected chi connectivity index (χ1v) is 19.3.